The molecule has 0 radical (unpaired) electrons. The Balaban J connectivity index is 2.77. The van der Waals surface area contributed by atoms with Crippen LogP contribution in [0.4, 0.5) is 24.8 Å². The van der Waals surface area contributed by atoms with E-state index in [2.05, 4.69) is 21.0 Å². The first-order valence-electron chi connectivity index (χ1n) is 5.93. The van der Waals surface area contributed by atoms with Gasteiger partial charge in [0, 0.05) is 6.54 Å². The van der Waals surface area contributed by atoms with Gasteiger partial charge in [-0.15, -0.1) is 0 Å². The highest BCUT2D eigenvalue weighted by Gasteiger charge is 2.31. The van der Waals surface area contributed by atoms with E-state index in [-0.39, 0.29) is 24.1 Å². The maximum absolute atomic E-state index is 12.6. The third kappa shape index (κ3) is 4.92. The van der Waals surface area contributed by atoms with E-state index in [4.69, 9.17) is 5.84 Å². The molecule has 0 saturated carbocycles. The lowest BCUT2D eigenvalue weighted by Gasteiger charge is -2.12. The molecule has 6 nitrogen and oxygen atoms in total. The van der Waals surface area contributed by atoms with Crippen LogP contribution in [0.3, 0.4) is 0 Å². The second kappa shape index (κ2) is 6.94. The molecule has 1 amide bonds. The third-order valence-corrected chi connectivity index (χ3v) is 2.30. The summed E-state index contributed by atoms with van der Waals surface area (Å²) in [7, 11) is 0. The molecule has 0 bridgehead atoms. The number of amides is 1. The largest absolute Gasteiger partial charge is 0.416 e. The summed E-state index contributed by atoms with van der Waals surface area (Å²) in [6.45, 7) is 2.23. The molecule has 0 saturated heterocycles. The Morgan fingerprint density at radius 3 is 2.55 bits per heavy atom. The quantitative estimate of drug-likeness (QED) is 0.469. The minimum absolute atomic E-state index is 0.0839. The van der Waals surface area contributed by atoms with E-state index in [9.17, 15) is 18.0 Å². The summed E-state index contributed by atoms with van der Waals surface area (Å²) in [4.78, 5) is 15.1. The first-order chi connectivity index (χ1) is 9.36. The third-order valence-electron chi connectivity index (χ3n) is 2.30. The summed E-state index contributed by atoms with van der Waals surface area (Å²) < 4.78 is 37.9. The highest BCUT2D eigenvalue weighted by atomic mass is 19.4. The van der Waals surface area contributed by atoms with Crippen molar-refractivity contribution >= 4 is 17.5 Å². The number of alkyl halides is 3. The van der Waals surface area contributed by atoms with Crippen molar-refractivity contribution in [1.82, 2.24) is 10.3 Å². The average Bonchev–Trinajstić information content (AvgIpc) is 2.41. The van der Waals surface area contributed by atoms with Crippen molar-refractivity contribution in [3.63, 3.8) is 0 Å². The Labute approximate surface area is 113 Å². The number of pyridine rings is 1. The van der Waals surface area contributed by atoms with Crippen LogP contribution in [0.5, 0.6) is 0 Å². The molecule has 0 aliphatic rings. The van der Waals surface area contributed by atoms with E-state index in [1.54, 1.807) is 0 Å². The summed E-state index contributed by atoms with van der Waals surface area (Å²) in [6.07, 6.45) is -3.75. The number of carbonyl (C=O) groups is 1. The van der Waals surface area contributed by atoms with Crippen molar-refractivity contribution < 1.29 is 18.0 Å². The minimum Gasteiger partial charge on any atom is -0.361 e. The molecule has 1 rings (SSSR count). The summed E-state index contributed by atoms with van der Waals surface area (Å²) in [5.41, 5.74) is 1.14. The number of nitrogens with zero attached hydrogens (tertiary/aromatic N) is 1. The van der Waals surface area contributed by atoms with Crippen LogP contribution in [-0.2, 0) is 11.0 Å². The highest BCUT2D eigenvalue weighted by molar-refractivity contribution is 5.80. The molecule has 1 aromatic heterocycles. The number of carbonyl (C=O) groups excluding carboxylic acids is 1. The van der Waals surface area contributed by atoms with Gasteiger partial charge in [0.25, 0.3) is 0 Å². The first kappa shape index (κ1) is 16.0. The molecule has 0 aliphatic carbocycles. The number of halogens is 3. The number of nitrogen functional groups attached to an aromatic ring is 1. The minimum atomic E-state index is -4.52. The Morgan fingerprint density at radius 2 is 2.00 bits per heavy atom. The van der Waals surface area contributed by atoms with Crippen LogP contribution in [0.2, 0.25) is 0 Å². The number of anilines is 2. The Kier molecular flexibility index (Phi) is 5.56. The van der Waals surface area contributed by atoms with Crippen molar-refractivity contribution in [1.29, 1.82) is 0 Å². The molecular weight excluding hydrogens is 275 g/mol. The van der Waals surface area contributed by atoms with E-state index in [0.717, 1.165) is 18.6 Å². The van der Waals surface area contributed by atoms with Crippen LogP contribution in [-0.4, -0.2) is 24.0 Å². The molecule has 9 heteroatoms. The zero-order valence-corrected chi connectivity index (χ0v) is 10.8. The SMILES string of the molecule is CCCNC(=O)CNc1cc(C(F)(F)F)cc(NN)n1. The van der Waals surface area contributed by atoms with Gasteiger partial charge in [-0.05, 0) is 18.6 Å². The van der Waals surface area contributed by atoms with E-state index < -0.39 is 11.7 Å². The number of rotatable bonds is 6. The smallest absolute Gasteiger partial charge is 0.361 e. The van der Waals surface area contributed by atoms with E-state index in [0.29, 0.717) is 6.54 Å². The van der Waals surface area contributed by atoms with Gasteiger partial charge in [-0.2, -0.15) is 13.2 Å². The van der Waals surface area contributed by atoms with E-state index in [1.807, 2.05) is 6.92 Å². The fourth-order valence-electron chi connectivity index (χ4n) is 1.36. The molecule has 0 aromatic carbocycles. The van der Waals surface area contributed by atoms with Crippen molar-refractivity contribution in [2.45, 2.75) is 19.5 Å². The number of nitrogens with two attached hydrogens (primary N) is 1. The van der Waals surface area contributed by atoms with Gasteiger partial charge in [-0.25, -0.2) is 10.8 Å². The maximum Gasteiger partial charge on any atom is 0.416 e. The Bertz CT molecular complexity index is 464. The van der Waals surface area contributed by atoms with Crippen LogP contribution in [0, 0.1) is 0 Å². The lowest BCUT2D eigenvalue weighted by molar-refractivity contribution is -0.137. The van der Waals surface area contributed by atoms with Crippen LogP contribution >= 0.6 is 0 Å². The van der Waals surface area contributed by atoms with Crippen LogP contribution in [0.1, 0.15) is 18.9 Å². The maximum atomic E-state index is 12.6. The topological polar surface area (TPSA) is 92.1 Å². The predicted octanol–water partition coefficient (Wildman–Crippen LogP) is 1.32. The second-order valence-corrected chi connectivity index (χ2v) is 3.97. The number of aromatic nitrogens is 1. The van der Waals surface area contributed by atoms with Crippen molar-refractivity contribution in [3.05, 3.63) is 17.7 Å². The van der Waals surface area contributed by atoms with Crippen molar-refractivity contribution in [2.24, 2.45) is 5.84 Å². The zero-order valence-electron chi connectivity index (χ0n) is 10.8. The molecule has 0 atom stereocenters. The van der Waals surface area contributed by atoms with Crippen LogP contribution in [0.15, 0.2) is 12.1 Å². The number of nitrogens with one attached hydrogen (secondary N) is 3. The molecule has 20 heavy (non-hydrogen) atoms. The van der Waals surface area contributed by atoms with E-state index in [1.165, 1.54) is 0 Å². The first-order valence-corrected chi connectivity index (χ1v) is 5.93. The number of hydrogen-bond acceptors (Lipinski definition) is 5. The summed E-state index contributed by atoms with van der Waals surface area (Å²) >= 11 is 0. The highest BCUT2D eigenvalue weighted by Crippen LogP contribution is 2.31. The lowest BCUT2D eigenvalue weighted by Crippen LogP contribution is -2.30. The Morgan fingerprint density at radius 1 is 1.35 bits per heavy atom. The molecule has 1 aromatic rings. The molecule has 0 fully saturated rings. The van der Waals surface area contributed by atoms with Gasteiger partial charge in [-0.1, -0.05) is 6.92 Å². The lowest BCUT2D eigenvalue weighted by atomic mass is 10.2. The molecule has 0 spiro atoms. The van der Waals surface area contributed by atoms with Gasteiger partial charge in [0.15, 0.2) is 0 Å². The van der Waals surface area contributed by atoms with Crippen molar-refractivity contribution in [3.8, 4) is 0 Å². The van der Waals surface area contributed by atoms with Gasteiger partial charge in [-0.3, -0.25) is 4.79 Å². The van der Waals surface area contributed by atoms with Gasteiger partial charge < -0.3 is 16.1 Å². The van der Waals surface area contributed by atoms with Crippen LogP contribution in [0.25, 0.3) is 0 Å². The molecule has 0 unspecified atom stereocenters. The number of hydrazine groups is 1. The monoisotopic (exact) mass is 291 g/mol. The van der Waals surface area contributed by atoms with Gasteiger partial charge in [0.2, 0.25) is 5.91 Å². The molecular formula is C11H16F3N5O. The van der Waals surface area contributed by atoms with Crippen molar-refractivity contribution in [2.75, 3.05) is 23.8 Å². The number of hydrogen-bond donors (Lipinski definition) is 4. The zero-order chi connectivity index (χ0) is 15.2. The second-order valence-electron chi connectivity index (χ2n) is 3.97. The average molecular weight is 291 g/mol. The summed E-state index contributed by atoms with van der Waals surface area (Å²) in [5.74, 6) is 4.51. The molecule has 1 heterocycles. The van der Waals surface area contributed by atoms with Gasteiger partial charge in [0.1, 0.15) is 11.6 Å². The van der Waals surface area contributed by atoms with Gasteiger partial charge >= 0.3 is 6.18 Å². The standard InChI is InChI=1S/C11H16F3N5O/c1-2-3-16-10(20)6-17-8-4-7(11(12,13)14)5-9(18-8)19-15/h4-5H,2-3,6,15H2,1H3,(H,16,20)(H2,17,18,19). The fourth-order valence-corrected chi connectivity index (χ4v) is 1.36. The van der Waals surface area contributed by atoms with Gasteiger partial charge in [0.05, 0.1) is 12.1 Å². The summed E-state index contributed by atoms with van der Waals surface area (Å²) in [6, 6.07) is 1.59. The molecule has 5 N–H and O–H groups in total. The Hall–Kier alpha value is -2.03. The van der Waals surface area contributed by atoms with Crippen LogP contribution < -0.4 is 21.9 Å². The molecule has 112 valence electrons. The summed E-state index contributed by atoms with van der Waals surface area (Å²) in [5, 5.41) is 5.11. The fraction of sp³-hybridized carbons (Fsp3) is 0.455. The molecule has 0 aliphatic heterocycles. The van der Waals surface area contributed by atoms with E-state index >= 15 is 0 Å². The normalized spacial score (nSPS) is 11.1. The predicted molar refractivity (Wildman–Crippen MR) is 68.8 cm³/mol.